The van der Waals surface area contributed by atoms with Gasteiger partial charge in [-0.2, -0.15) is 4.31 Å². The normalized spacial score (nSPS) is 18.6. The molecule has 2 saturated heterocycles. The molecule has 6 nitrogen and oxygen atoms in total. The molecular formula is C22H27N3O3S. The fraction of sp³-hybridized carbons (Fsp3) is 0.409. The summed E-state index contributed by atoms with van der Waals surface area (Å²) in [6.07, 6.45) is 2.67. The summed E-state index contributed by atoms with van der Waals surface area (Å²) in [5.41, 5.74) is 1.61. The van der Waals surface area contributed by atoms with E-state index in [4.69, 9.17) is 0 Å². The van der Waals surface area contributed by atoms with Crippen molar-refractivity contribution in [2.75, 3.05) is 44.2 Å². The van der Waals surface area contributed by atoms with Crippen LogP contribution in [0.1, 0.15) is 29.6 Å². The molecule has 4 rings (SSSR count). The third-order valence-corrected chi connectivity index (χ3v) is 7.58. The molecule has 0 atom stereocenters. The van der Waals surface area contributed by atoms with E-state index in [1.165, 1.54) is 16.1 Å². The van der Waals surface area contributed by atoms with Gasteiger partial charge in [-0.15, -0.1) is 0 Å². The molecule has 2 aliphatic heterocycles. The number of benzene rings is 2. The lowest BCUT2D eigenvalue weighted by Gasteiger charge is -2.24. The minimum absolute atomic E-state index is 0.0987. The largest absolute Gasteiger partial charge is 0.370 e. The van der Waals surface area contributed by atoms with Gasteiger partial charge in [0.05, 0.1) is 4.90 Å². The van der Waals surface area contributed by atoms with Crippen LogP contribution < -0.4 is 4.90 Å². The highest BCUT2D eigenvalue weighted by atomic mass is 32.2. The van der Waals surface area contributed by atoms with Gasteiger partial charge in [0.2, 0.25) is 10.0 Å². The van der Waals surface area contributed by atoms with Gasteiger partial charge in [-0.25, -0.2) is 8.42 Å². The topological polar surface area (TPSA) is 60.9 Å². The summed E-state index contributed by atoms with van der Waals surface area (Å²) in [7, 11) is -3.52. The summed E-state index contributed by atoms with van der Waals surface area (Å²) in [4.78, 5) is 17.4. The van der Waals surface area contributed by atoms with Gasteiger partial charge in [0.15, 0.2) is 0 Å². The van der Waals surface area contributed by atoms with Gasteiger partial charge >= 0.3 is 0 Å². The molecule has 0 radical (unpaired) electrons. The van der Waals surface area contributed by atoms with Gasteiger partial charge in [-0.05, 0) is 49.6 Å². The Morgan fingerprint density at radius 2 is 1.52 bits per heavy atom. The Bertz CT molecular complexity index is 956. The molecule has 2 fully saturated rings. The van der Waals surface area contributed by atoms with Gasteiger partial charge in [0.25, 0.3) is 5.91 Å². The summed E-state index contributed by atoms with van der Waals surface area (Å²) >= 11 is 0. The zero-order valence-corrected chi connectivity index (χ0v) is 17.4. The first-order chi connectivity index (χ1) is 14.1. The Kier molecular flexibility index (Phi) is 5.87. The zero-order chi connectivity index (χ0) is 20.3. The minimum Gasteiger partial charge on any atom is -0.370 e. The molecule has 2 aliphatic rings. The van der Waals surface area contributed by atoms with Gasteiger partial charge < -0.3 is 9.80 Å². The van der Waals surface area contributed by atoms with E-state index in [0.29, 0.717) is 31.7 Å². The van der Waals surface area contributed by atoms with Crippen molar-refractivity contribution in [2.45, 2.75) is 24.2 Å². The van der Waals surface area contributed by atoms with E-state index in [1.807, 2.05) is 23.1 Å². The average Bonchev–Trinajstić information content (AvgIpc) is 3.20. The molecule has 7 heteroatoms. The number of rotatable bonds is 4. The molecule has 0 spiro atoms. The fourth-order valence-electron chi connectivity index (χ4n) is 4.07. The first kappa shape index (κ1) is 19.9. The SMILES string of the molecule is O=C(c1cccc(S(=O)(=O)N2CCCC2)c1)N1CCCN(c2ccccc2)CC1. The predicted molar refractivity (Wildman–Crippen MR) is 114 cm³/mol. The van der Waals surface area contributed by atoms with E-state index in [-0.39, 0.29) is 10.8 Å². The highest BCUT2D eigenvalue weighted by molar-refractivity contribution is 7.89. The molecule has 0 bridgehead atoms. The number of carbonyl (C=O) groups is 1. The van der Waals surface area contributed by atoms with Crippen molar-refractivity contribution >= 4 is 21.6 Å². The number of para-hydroxylation sites is 1. The van der Waals surface area contributed by atoms with Crippen LogP contribution in [0.3, 0.4) is 0 Å². The van der Waals surface area contributed by atoms with Crippen LogP contribution in [-0.4, -0.2) is 62.8 Å². The monoisotopic (exact) mass is 413 g/mol. The summed E-state index contributed by atoms with van der Waals surface area (Å²) in [6, 6.07) is 16.7. The van der Waals surface area contributed by atoms with Crippen LogP contribution >= 0.6 is 0 Å². The van der Waals surface area contributed by atoms with Gasteiger partial charge in [0, 0.05) is 50.5 Å². The summed E-state index contributed by atoms with van der Waals surface area (Å²) in [5, 5.41) is 0. The van der Waals surface area contributed by atoms with Crippen molar-refractivity contribution in [3.8, 4) is 0 Å². The smallest absolute Gasteiger partial charge is 0.253 e. The van der Waals surface area contributed by atoms with Crippen LogP contribution in [0.2, 0.25) is 0 Å². The second kappa shape index (κ2) is 8.55. The third-order valence-electron chi connectivity index (χ3n) is 5.69. The molecule has 1 amide bonds. The van der Waals surface area contributed by atoms with Crippen molar-refractivity contribution in [2.24, 2.45) is 0 Å². The van der Waals surface area contributed by atoms with E-state index >= 15 is 0 Å². The predicted octanol–water partition coefficient (Wildman–Crippen LogP) is 2.82. The van der Waals surface area contributed by atoms with E-state index in [0.717, 1.165) is 32.4 Å². The lowest BCUT2D eigenvalue weighted by molar-refractivity contribution is 0.0767. The van der Waals surface area contributed by atoms with Crippen molar-refractivity contribution in [3.63, 3.8) is 0 Å². The van der Waals surface area contributed by atoms with E-state index in [2.05, 4.69) is 17.0 Å². The number of hydrogen-bond donors (Lipinski definition) is 0. The van der Waals surface area contributed by atoms with Crippen LogP contribution in [0.25, 0.3) is 0 Å². The van der Waals surface area contributed by atoms with Crippen LogP contribution in [0.5, 0.6) is 0 Å². The number of sulfonamides is 1. The molecule has 154 valence electrons. The molecule has 0 saturated carbocycles. The zero-order valence-electron chi connectivity index (χ0n) is 16.5. The summed E-state index contributed by atoms with van der Waals surface area (Å²) in [5.74, 6) is -0.0987. The highest BCUT2D eigenvalue weighted by Crippen LogP contribution is 2.23. The number of hydrogen-bond acceptors (Lipinski definition) is 4. The maximum Gasteiger partial charge on any atom is 0.253 e. The van der Waals surface area contributed by atoms with Crippen molar-refractivity contribution < 1.29 is 13.2 Å². The molecule has 0 aromatic heterocycles. The Morgan fingerprint density at radius 3 is 2.28 bits per heavy atom. The van der Waals surface area contributed by atoms with Crippen LogP contribution in [-0.2, 0) is 10.0 Å². The first-order valence-corrected chi connectivity index (χ1v) is 11.7. The number of amides is 1. The summed E-state index contributed by atoms with van der Waals surface area (Å²) < 4.78 is 27.2. The average molecular weight is 414 g/mol. The number of anilines is 1. The molecule has 0 aliphatic carbocycles. The first-order valence-electron chi connectivity index (χ1n) is 10.3. The van der Waals surface area contributed by atoms with Crippen molar-refractivity contribution in [3.05, 3.63) is 60.2 Å². The van der Waals surface area contributed by atoms with Crippen LogP contribution in [0, 0.1) is 0 Å². The molecule has 0 unspecified atom stereocenters. The molecule has 2 heterocycles. The van der Waals surface area contributed by atoms with Crippen LogP contribution in [0.15, 0.2) is 59.5 Å². The lowest BCUT2D eigenvalue weighted by atomic mass is 10.2. The van der Waals surface area contributed by atoms with Gasteiger partial charge in [-0.3, -0.25) is 4.79 Å². The highest BCUT2D eigenvalue weighted by Gasteiger charge is 2.28. The lowest BCUT2D eigenvalue weighted by Crippen LogP contribution is -2.35. The molecule has 29 heavy (non-hydrogen) atoms. The Morgan fingerprint density at radius 1 is 0.759 bits per heavy atom. The van der Waals surface area contributed by atoms with E-state index in [1.54, 1.807) is 18.2 Å². The molecule has 0 N–H and O–H groups in total. The Hall–Kier alpha value is -2.38. The fourth-order valence-corrected chi connectivity index (χ4v) is 5.63. The number of carbonyl (C=O) groups excluding carboxylic acids is 1. The Balaban J connectivity index is 1.48. The molecule has 2 aromatic rings. The van der Waals surface area contributed by atoms with E-state index < -0.39 is 10.0 Å². The maximum absolute atomic E-state index is 13.1. The number of nitrogens with zero attached hydrogens (tertiary/aromatic N) is 3. The maximum atomic E-state index is 13.1. The van der Waals surface area contributed by atoms with E-state index in [9.17, 15) is 13.2 Å². The van der Waals surface area contributed by atoms with Crippen molar-refractivity contribution in [1.29, 1.82) is 0 Å². The quantitative estimate of drug-likeness (QED) is 0.773. The summed E-state index contributed by atoms with van der Waals surface area (Å²) in [6.45, 7) is 4.07. The second-order valence-corrected chi connectivity index (χ2v) is 9.55. The van der Waals surface area contributed by atoms with Crippen LogP contribution in [0.4, 0.5) is 5.69 Å². The van der Waals surface area contributed by atoms with Crippen molar-refractivity contribution in [1.82, 2.24) is 9.21 Å². The Labute approximate surface area is 172 Å². The second-order valence-electron chi connectivity index (χ2n) is 7.61. The third kappa shape index (κ3) is 4.31. The molecule has 2 aromatic carbocycles. The minimum atomic E-state index is -3.52. The van der Waals surface area contributed by atoms with Gasteiger partial charge in [0.1, 0.15) is 0 Å². The molecular weight excluding hydrogens is 386 g/mol. The van der Waals surface area contributed by atoms with Gasteiger partial charge in [-0.1, -0.05) is 24.3 Å². The standard InChI is InChI=1S/C22H27N3O3S/c26-22(24-13-7-12-23(16-17-24)20-9-2-1-3-10-20)19-8-6-11-21(18-19)29(27,28)25-14-4-5-15-25/h1-3,6,8-11,18H,4-5,7,12-17H2.